The minimum Gasteiger partial charge on any atom is -0.392 e. The number of sulfonamides is 1. The first kappa shape index (κ1) is 14.9. The number of aliphatic hydroxyl groups is 1. The molecular formula is C13H19NO3S. The molecular weight excluding hydrogens is 250 g/mol. The summed E-state index contributed by atoms with van der Waals surface area (Å²) in [6.07, 6.45) is 0. The Bertz CT molecular complexity index is 549. The first-order valence-corrected chi connectivity index (χ1v) is 7.04. The van der Waals surface area contributed by atoms with E-state index in [4.69, 9.17) is 5.11 Å². The normalized spacial score (nSPS) is 11.8. The van der Waals surface area contributed by atoms with Gasteiger partial charge in [0.05, 0.1) is 11.5 Å². The molecule has 1 rings (SSSR count). The third-order valence-corrected chi connectivity index (χ3v) is 4.56. The summed E-state index contributed by atoms with van der Waals surface area (Å²) in [5.74, 6) is 0. The molecule has 4 nitrogen and oxygen atoms in total. The van der Waals surface area contributed by atoms with Crippen LogP contribution < -0.4 is 0 Å². The lowest BCUT2D eigenvalue weighted by atomic mass is 10.2. The van der Waals surface area contributed by atoms with Gasteiger partial charge >= 0.3 is 0 Å². The molecule has 1 aromatic carbocycles. The first-order chi connectivity index (χ1) is 8.28. The second-order valence-corrected chi connectivity index (χ2v) is 6.49. The second kappa shape index (κ2) is 5.65. The van der Waals surface area contributed by atoms with Gasteiger partial charge in [-0.25, -0.2) is 8.42 Å². The third kappa shape index (κ3) is 3.19. The molecule has 0 aliphatic heterocycles. The van der Waals surface area contributed by atoms with Crippen LogP contribution in [0.1, 0.15) is 18.1 Å². The van der Waals surface area contributed by atoms with Crippen molar-refractivity contribution >= 4 is 10.0 Å². The summed E-state index contributed by atoms with van der Waals surface area (Å²) in [6, 6.07) is 4.93. The van der Waals surface area contributed by atoms with E-state index < -0.39 is 10.0 Å². The van der Waals surface area contributed by atoms with Crippen LogP contribution in [0.25, 0.3) is 0 Å². The van der Waals surface area contributed by atoms with Crippen LogP contribution in [0.3, 0.4) is 0 Å². The number of rotatable bonds is 5. The Labute approximate surface area is 109 Å². The summed E-state index contributed by atoms with van der Waals surface area (Å²) < 4.78 is 26.0. The van der Waals surface area contributed by atoms with Gasteiger partial charge in [0, 0.05) is 13.6 Å². The van der Waals surface area contributed by atoms with Gasteiger partial charge in [-0.3, -0.25) is 0 Å². The number of aliphatic hydroxyl groups excluding tert-OH is 1. The van der Waals surface area contributed by atoms with Crippen LogP contribution >= 0.6 is 0 Å². The molecule has 0 aliphatic rings. The summed E-state index contributed by atoms with van der Waals surface area (Å²) in [5.41, 5.74) is 2.03. The number of likely N-dealkylation sites (N-methyl/N-ethyl adjacent to an activating group) is 1. The lowest BCUT2D eigenvalue weighted by Crippen LogP contribution is -2.29. The maximum Gasteiger partial charge on any atom is 0.243 e. The Morgan fingerprint density at radius 2 is 2.06 bits per heavy atom. The van der Waals surface area contributed by atoms with E-state index in [2.05, 4.69) is 6.58 Å². The van der Waals surface area contributed by atoms with Crippen LogP contribution in [0, 0.1) is 6.92 Å². The van der Waals surface area contributed by atoms with Crippen molar-refractivity contribution in [3.8, 4) is 0 Å². The van der Waals surface area contributed by atoms with Crippen molar-refractivity contribution in [2.24, 2.45) is 0 Å². The van der Waals surface area contributed by atoms with Crippen LogP contribution in [0.4, 0.5) is 0 Å². The van der Waals surface area contributed by atoms with Crippen LogP contribution in [0.15, 0.2) is 35.2 Å². The van der Waals surface area contributed by atoms with Crippen molar-refractivity contribution in [3.05, 3.63) is 41.5 Å². The highest BCUT2D eigenvalue weighted by Crippen LogP contribution is 2.21. The Balaban J connectivity index is 3.23. The monoisotopic (exact) mass is 269 g/mol. The van der Waals surface area contributed by atoms with E-state index in [-0.39, 0.29) is 18.0 Å². The van der Waals surface area contributed by atoms with Gasteiger partial charge in [0.25, 0.3) is 0 Å². The fourth-order valence-electron chi connectivity index (χ4n) is 1.65. The predicted octanol–water partition coefficient (Wildman–Crippen LogP) is 1.68. The molecule has 0 radical (unpaired) electrons. The molecule has 0 atom stereocenters. The van der Waals surface area contributed by atoms with Gasteiger partial charge in [-0.2, -0.15) is 4.31 Å². The van der Waals surface area contributed by atoms with Crippen molar-refractivity contribution in [2.45, 2.75) is 25.3 Å². The Morgan fingerprint density at radius 1 is 1.44 bits per heavy atom. The lowest BCUT2D eigenvalue weighted by Gasteiger charge is -2.19. The van der Waals surface area contributed by atoms with Gasteiger partial charge in [-0.1, -0.05) is 24.3 Å². The smallest absolute Gasteiger partial charge is 0.243 e. The summed E-state index contributed by atoms with van der Waals surface area (Å²) in [6.45, 7) is 7.34. The minimum absolute atomic E-state index is 0.174. The Kier molecular flexibility index (Phi) is 4.67. The van der Waals surface area contributed by atoms with Gasteiger partial charge in [0.2, 0.25) is 10.0 Å². The van der Waals surface area contributed by atoms with E-state index >= 15 is 0 Å². The zero-order valence-corrected chi connectivity index (χ0v) is 11.8. The molecule has 0 aliphatic carbocycles. The third-order valence-electron chi connectivity index (χ3n) is 2.62. The van der Waals surface area contributed by atoms with Crippen molar-refractivity contribution in [3.63, 3.8) is 0 Å². The topological polar surface area (TPSA) is 57.6 Å². The van der Waals surface area contributed by atoms with E-state index in [1.165, 1.54) is 17.4 Å². The molecule has 1 aromatic rings. The maximum atomic E-state index is 12.4. The molecule has 0 saturated heterocycles. The summed E-state index contributed by atoms with van der Waals surface area (Å²) in [4.78, 5) is 0.234. The minimum atomic E-state index is -3.54. The van der Waals surface area contributed by atoms with Crippen LogP contribution in [-0.2, 0) is 16.6 Å². The zero-order valence-electron chi connectivity index (χ0n) is 11.0. The summed E-state index contributed by atoms with van der Waals surface area (Å²) in [7, 11) is -2.01. The average molecular weight is 269 g/mol. The molecule has 5 heteroatoms. The van der Waals surface area contributed by atoms with E-state index in [1.807, 2.05) is 0 Å². The molecule has 0 heterocycles. The van der Waals surface area contributed by atoms with Crippen LogP contribution in [-0.4, -0.2) is 31.4 Å². The molecule has 18 heavy (non-hydrogen) atoms. The molecule has 1 N–H and O–H groups in total. The van der Waals surface area contributed by atoms with Gasteiger partial charge in [-0.15, -0.1) is 0 Å². The average Bonchev–Trinajstić information content (AvgIpc) is 2.28. The Morgan fingerprint density at radius 3 is 2.56 bits per heavy atom. The molecule has 100 valence electrons. The van der Waals surface area contributed by atoms with Gasteiger partial charge < -0.3 is 5.11 Å². The highest BCUT2D eigenvalue weighted by molar-refractivity contribution is 7.89. The number of hydrogen-bond donors (Lipinski definition) is 1. The summed E-state index contributed by atoms with van der Waals surface area (Å²) in [5, 5.41) is 9.08. The maximum absolute atomic E-state index is 12.4. The largest absolute Gasteiger partial charge is 0.392 e. The summed E-state index contributed by atoms with van der Waals surface area (Å²) >= 11 is 0. The van der Waals surface area contributed by atoms with E-state index in [9.17, 15) is 8.42 Å². The van der Waals surface area contributed by atoms with Gasteiger partial charge in [-0.05, 0) is 31.0 Å². The number of nitrogens with zero attached hydrogens (tertiary/aromatic N) is 1. The van der Waals surface area contributed by atoms with Crippen LogP contribution in [0.5, 0.6) is 0 Å². The van der Waals surface area contributed by atoms with Gasteiger partial charge in [0.15, 0.2) is 0 Å². The van der Waals surface area contributed by atoms with E-state index in [1.54, 1.807) is 26.0 Å². The molecule has 0 bridgehead atoms. The number of hydrogen-bond acceptors (Lipinski definition) is 3. The van der Waals surface area contributed by atoms with Gasteiger partial charge in [0.1, 0.15) is 0 Å². The lowest BCUT2D eigenvalue weighted by molar-refractivity contribution is 0.281. The standard InChI is InChI=1S/C13H19NO3S/c1-10(2)8-14(4)18(16,17)13-7-12(9-15)6-5-11(13)3/h5-7,15H,1,8-9H2,2-4H3. The quantitative estimate of drug-likeness (QED) is 0.827. The number of aryl methyl sites for hydroxylation is 1. The molecule has 0 aromatic heterocycles. The fraction of sp³-hybridized carbons (Fsp3) is 0.385. The first-order valence-electron chi connectivity index (χ1n) is 5.60. The SMILES string of the molecule is C=C(C)CN(C)S(=O)(=O)c1cc(CO)ccc1C. The highest BCUT2D eigenvalue weighted by Gasteiger charge is 2.22. The molecule has 0 saturated carbocycles. The molecule has 0 fully saturated rings. The zero-order chi connectivity index (χ0) is 13.9. The van der Waals surface area contributed by atoms with Crippen LogP contribution in [0.2, 0.25) is 0 Å². The Hall–Kier alpha value is -1.17. The van der Waals surface area contributed by atoms with Crippen molar-refractivity contribution < 1.29 is 13.5 Å². The van der Waals surface area contributed by atoms with E-state index in [0.717, 1.165) is 5.57 Å². The van der Waals surface area contributed by atoms with Crippen molar-refractivity contribution in [1.82, 2.24) is 4.31 Å². The van der Waals surface area contributed by atoms with Crippen molar-refractivity contribution in [1.29, 1.82) is 0 Å². The molecule has 0 amide bonds. The second-order valence-electron chi connectivity index (χ2n) is 4.48. The van der Waals surface area contributed by atoms with Crippen molar-refractivity contribution in [2.75, 3.05) is 13.6 Å². The molecule has 0 unspecified atom stereocenters. The van der Waals surface area contributed by atoms with E-state index in [0.29, 0.717) is 11.1 Å². The highest BCUT2D eigenvalue weighted by atomic mass is 32.2. The fourth-order valence-corrected chi connectivity index (χ4v) is 3.16. The number of benzene rings is 1. The molecule has 0 spiro atoms. The predicted molar refractivity (Wildman–Crippen MR) is 71.7 cm³/mol.